The van der Waals surface area contributed by atoms with E-state index in [2.05, 4.69) is 0 Å². The van der Waals surface area contributed by atoms with Gasteiger partial charge in [0.15, 0.2) is 0 Å². The van der Waals surface area contributed by atoms with Crippen molar-refractivity contribution in [2.75, 3.05) is 0 Å². The molecule has 0 radical (unpaired) electrons. The molecule has 72 valence electrons. The summed E-state index contributed by atoms with van der Waals surface area (Å²) < 4.78 is 1.52. The zero-order valence-corrected chi connectivity index (χ0v) is 8.93. The first-order chi connectivity index (χ1) is 6.59. The minimum atomic E-state index is -0.0571. The molecule has 2 nitrogen and oxygen atoms in total. The van der Waals surface area contributed by atoms with Crippen molar-refractivity contribution < 1.29 is 4.79 Å². The summed E-state index contributed by atoms with van der Waals surface area (Å²) in [7, 11) is 0. The van der Waals surface area contributed by atoms with Gasteiger partial charge in [-0.05, 0) is 18.2 Å². The fourth-order valence-corrected chi connectivity index (χ4v) is 1.99. The van der Waals surface area contributed by atoms with Gasteiger partial charge in [0.05, 0.1) is 10.5 Å². The van der Waals surface area contributed by atoms with E-state index in [1.807, 2.05) is 0 Å². The van der Waals surface area contributed by atoms with Crippen LogP contribution in [-0.4, -0.2) is 10.5 Å². The monoisotopic (exact) mass is 227 g/mol. The van der Waals surface area contributed by atoms with E-state index < -0.39 is 0 Å². The molecule has 4 heteroatoms. The van der Waals surface area contributed by atoms with Crippen molar-refractivity contribution in [3.8, 4) is 0 Å². The number of benzene rings is 1. The first-order valence-electron chi connectivity index (χ1n) is 4.06. The Morgan fingerprint density at radius 2 is 2.07 bits per heavy atom. The summed E-state index contributed by atoms with van der Waals surface area (Å²) in [5.74, 6) is -0.0571. The van der Waals surface area contributed by atoms with Gasteiger partial charge in [0.1, 0.15) is 0 Å². The maximum atomic E-state index is 11.2. The SMILES string of the molecule is CC(=O)n1ccc2c(Cl)cc(Cl)cc21. The molecule has 0 atom stereocenters. The van der Waals surface area contributed by atoms with Crippen LogP contribution in [0.15, 0.2) is 24.4 Å². The zero-order chi connectivity index (χ0) is 10.3. The first kappa shape index (κ1) is 9.56. The first-order valence-corrected chi connectivity index (χ1v) is 4.82. The second-order valence-electron chi connectivity index (χ2n) is 3.03. The van der Waals surface area contributed by atoms with Crippen LogP contribution in [0.2, 0.25) is 10.0 Å². The molecule has 0 unspecified atom stereocenters. The Hall–Kier alpha value is -0.990. The highest BCUT2D eigenvalue weighted by molar-refractivity contribution is 6.38. The van der Waals surface area contributed by atoms with Gasteiger partial charge in [0.25, 0.3) is 0 Å². The number of nitrogens with zero attached hydrogens (tertiary/aromatic N) is 1. The molecule has 0 aliphatic carbocycles. The maximum Gasteiger partial charge on any atom is 0.227 e. The molecule has 0 amide bonds. The number of fused-ring (bicyclic) bond motifs is 1. The Labute approximate surface area is 91.0 Å². The lowest BCUT2D eigenvalue weighted by Gasteiger charge is -2.00. The zero-order valence-electron chi connectivity index (χ0n) is 7.42. The van der Waals surface area contributed by atoms with Crippen molar-refractivity contribution >= 4 is 40.0 Å². The predicted octanol–water partition coefficient (Wildman–Crippen LogP) is 3.61. The van der Waals surface area contributed by atoms with Gasteiger partial charge < -0.3 is 0 Å². The topological polar surface area (TPSA) is 22.0 Å². The van der Waals surface area contributed by atoms with Crippen LogP contribution < -0.4 is 0 Å². The Bertz CT molecular complexity index is 516. The summed E-state index contributed by atoms with van der Waals surface area (Å²) in [6.07, 6.45) is 1.69. The normalized spacial score (nSPS) is 10.8. The highest BCUT2D eigenvalue weighted by Crippen LogP contribution is 2.28. The minimum Gasteiger partial charge on any atom is -0.287 e. The number of halogens is 2. The summed E-state index contributed by atoms with van der Waals surface area (Å²) in [6, 6.07) is 5.19. The molecular weight excluding hydrogens is 221 g/mol. The predicted molar refractivity (Wildman–Crippen MR) is 58.3 cm³/mol. The molecular formula is C10H7Cl2NO. The van der Waals surface area contributed by atoms with Crippen molar-refractivity contribution in [3.05, 3.63) is 34.4 Å². The van der Waals surface area contributed by atoms with Gasteiger partial charge >= 0.3 is 0 Å². The third kappa shape index (κ3) is 1.41. The van der Waals surface area contributed by atoms with Crippen molar-refractivity contribution in [2.24, 2.45) is 0 Å². The van der Waals surface area contributed by atoms with E-state index in [1.165, 1.54) is 11.5 Å². The van der Waals surface area contributed by atoms with Gasteiger partial charge in [0, 0.05) is 23.5 Å². The van der Waals surface area contributed by atoms with Crippen LogP contribution in [0.1, 0.15) is 11.7 Å². The van der Waals surface area contributed by atoms with E-state index in [1.54, 1.807) is 24.4 Å². The lowest BCUT2D eigenvalue weighted by atomic mass is 10.2. The Kier molecular flexibility index (Phi) is 2.25. The molecule has 0 aliphatic heterocycles. The van der Waals surface area contributed by atoms with Crippen molar-refractivity contribution in [3.63, 3.8) is 0 Å². The quantitative estimate of drug-likeness (QED) is 0.675. The Morgan fingerprint density at radius 1 is 1.36 bits per heavy atom. The van der Waals surface area contributed by atoms with E-state index in [-0.39, 0.29) is 5.91 Å². The van der Waals surface area contributed by atoms with Crippen molar-refractivity contribution in [2.45, 2.75) is 6.92 Å². The average molecular weight is 228 g/mol. The van der Waals surface area contributed by atoms with Crippen LogP contribution in [0, 0.1) is 0 Å². The number of aromatic nitrogens is 1. The van der Waals surface area contributed by atoms with Gasteiger partial charge in [-0.1, -0.05) is 23.2 Å². The van der Waals surface area contributed by atoms with Crippen LogP contribution in [0.25, 0.3) is 10.9 Å². The lowest BCUT2D eigenvalue weighted by Crippen LogP contribution is -2.02. The van der Waals surface area contributed by atoms with Crippen LogP contribution in [-0.2, 0) is 0 Å². The molecule has 2 rings (SSSR count). The van der Waals surface area contributed by atoms with Crippen LogP contribution in [0.3, 0.4) is 0 Å². The maximum absolute atomic E-state index is 11.2. The number of hydrogen-bond acceptors (Lipinski definition) is 1. The number of rotatable bonds is 0. The van der Waals surface area contributed by atoms with Crippen LogP contribution in [0.5, 0.6) is 0 Å². The van der Waals surface area contributed by atoms with E-state index in [4.69, 9.17) is 23.2 Å². The van der Waals surface area contributed by atoms with E-state index in [0.717, 1.165) is 10.9 Å². The van der Waals surface area contributed by atoms with Crippen molar-refractivity contribution in [1.29, 1.82) is 0 Å². The highest BCUT2D eigenvalue weighted by atomic mass is 35.5. The summed E-state index contributed by atoms with van der Waals surface area (Å²) >= 11 is 11.8. The van der Waals surface area contributed by atoms with Crippen molar-refractivity contribution in [1.82, 2.24) is 4.57 Å². The average Bonchev–Trinajstić information content (AvgIpc) is 2.47. The largest absolute Gasteiger partial charge is 0.287 e. The minimum absolute atomic E-state index is 0.0571. The van der Waals surface area contributed by atoms with Crippen LogP contribution >= 0.6 is 23.2 Å². The smallest absolute Gasteiger partial charge is 0.227 e. The number of carbonyl (C=O) groups is 1. The molecule has 0 N–H and O–H groups in total. The third-order valence-corrected chi connectivity index (χ3v) is 2.59. The fraction of sp³-hybridized carbons (Fsp3) is 0.100. The third-order valence-electron chi connectivity index (χ3n) is 2.06. The fourth-order valence-electron chi connectivity index (χ4n) is 1.44. The number of carbonyl (C=O) groups excluding carboxylic acids is 1. The molecule has 2 aromatic rings. The Balaban J connectivity index is 2.85. The van der Waals surface area contributed by atoms with Gasteiger partial charge in [0.2, 0.25) is 5.91 Å². The second-order valence-corrected chi connectivity index (χ2v) is 3.87. The molecule has 0 spiro atoms. The molecule has 0 fully saturated rings. The summed E-state index contributed by atoms with van der Waals surface area (Å²) in [5, 5.41) is 1.93. The van der Waals surface area contributed by atoms with Gasteiger partial charge in [-0.2, -0.15) is 0 Å². The van der Waals surface area contributed by atoms with E-state index in [0.29, 0.717) is 10.0 Å². The Morgan fingerprint density at radius 3 is 2.71 bits per heavy atom. The van der Waals surface area contributed by atoms with Gasteiger partial charge in [-0.25, -0.2) is 0 Å². The molecule has 1 aromatic carbocycles. The molecule has 0 bridgehead atoms. The molecule has 0 saturated heterocycles. The summed E-state index contributed by atoms with van der Waals surface area (Å²) in [4.78, 5) is 11.2. The van der Waals surface area contributed by atoms with E-state index in [9.17, 15) is 4.79 Å². The molecule has 1 heterocycles. The van der Waals surface area contributed by atoms with Gasteiger partial charge in [-0.3, -0.25) is 9.36 Å². The lowest BCUT2D eigenvalue weighted by molar-refractivity contribution is 0.0941. The highest BCUT2D eigenvalue weighted by Gasteiger charge is 2.08. The van der Waals surface area contributed by atoms with Gasteiger partial charge in [-0.15, -0.1) is 0 Å². The number of hydrogen-bond donors (Lipinski definition) is 0. The molecule has 0 saturated carbocycles. The van der Waals surface area contributed by atoms with E-state index >= 15 is 0 Å². The second kappa shape index (κ2) is 3.30. The molecule has 1 aromatic heterocycles. The standard InChI is InChI=1S/C10H7Cl2NO/c1-6(14)13-3-2-8-9(12)4-7(11)5-10(8)13/h2-5H,1H3. The van der Waals surface area contributed by atoms with Crippen LogP contribution in [0.4, 0.5) is 0 Å². The summed E-state index contributed by atoms with van der Waals surface area (Å²) in [5.41, 5.74) is 0.745. The molecule has 0 aliphatic rings. The summed E-state index contributed by atoms with van der Waals surface area (Å²) in [6.45, 7) is 1.49. The molecule has 14 heavy (non-hydrogen) atoms.